The number of carbonyl (C=O) groups is 1. The van der Waals surface area contributed by atoms with Crippen LogP contribution < -0.4 is 4.74 Å². The molecule has 0 radical (unpaired) electrons. The molecule has 0 aliphatic heterocycles. The van der Waals surface area contributed by atoms with Crippen molar-refractivity contribution in [3.63, 3.8) is 0 Å². The van der Waals surface area contributed by atoms with Gasteiger partial charge in [-0.1, -0.05) is 25.9 Å². The lowest BCUT2D eigenvalue weighted by atomic mass is 10.2. The van der Waals surface area contributed by atoms with Crippen LogP contribution in [0.3, 0.4) is 0 Å². The standard InChI is InChI=1S/C15H18N2O4/c1-4-12(15(18)19)20-11-7-5-10(6-8-11)13-16-14(9(2)3)21-17-13/h5-9,12H,4H2,1-3H3,(H,18,19)/t12-/m0/s1. The fourth-order valence-electron chi connectivity index (χ4n) is 1.74. The Balaban J connectivity index is 2.12. The van der Waals surface area contributed by atoms with E-state index in [1.54, 1.807) is 31.2 Å². The minimum absolute atomic E-state index is 0.176. The number of carboxylic acid groups (broad SMARTS) is 1. The Hall–Kier alpha value is -2.37. The fraction of sp³-hybridized carbons (Fsp3) is 0.400. The molecule has 21 heavy (non-hydrogen) atoms. The monoisotopic (exact) mass is 290 g/mol. The molecule has 1 aromatic carbocycles. The molecule has 2 rings (SSSR count). The predicted molar refractivity (Wildman–Crippen MR) is 76.2 cm³/mol. The highest BCUT2D eigenvalue weighted by atomic mass is 16.5. The molecule has 0 aliphatic carbocycles. The van der Waals surface area contributed by atoms with Gasteiger partial charge in [-0.3, -0.25) is 0 Å². The van der Waals surface area contributed by atoms with Gasteiger partial charge in [0.05, 0.1) is 0 Å². The van der Waals surface area contributed by atoms with Crippen LogP contribution in [-0.2, 0) is 4.79 Å². The third-order valence-electron chi connectivity index (χ3n) is 2.97. The number of benzene rings is 1. The maximum atomic E-state index is 10.9. The van der Waals surface area contributed by atoms with E-state index in [4.69, 9.17) is 14.4 Å². The first kappa shape index (κ1) is 15.0. The second-order valence-corrected chi connectivity index (χ2v) is 4.99. The van der Waals surface area contributed by atoms with Crippen LogP contribution in [0.2, 0.25) is 0 Å². The SMILES string of the molecule is CC[C@H](Oc1ccc(-c2noc(C(C)C)n2)cc1)C(=O)O. The molecule has 1 heterocycles. The van der Waals surface area contributed by atoms with Gasteiger partial charge < -0.3 is 14.4 Å². The van der Waals surface area contributed by atoms with Crippen LogP contribution in [0.4, 0.5) is 0 Å². The molecule has 0 spiro atoms. The molecule has 0 unspecified atom stereocenters. The molecule has 1 atom stereocenters. The largest absolute Gasteiger partial charge is 0.479 e. The molecule has 6 nitrogen and oxygen atoms in total. The van der Waals surface area contributed by atoms with E-state index >= 15 is 0 Å². The van der Waals surface area contributed by atoms with Gasteiger partial charge in [0.15, 0.2) is 6.10 Å². The number of ether oxygens (including phenoxy) is 1. The molecule has 0 bridgehead atoms. The lowest BCUT2D eigenvalue weighted by Gasteiger charge is -2.12. The van der Waals surface area contributed by atoms with Crippen molar-refractivity contribution in [1.29, 1.82) is 0 Å². The molecular weight excluding hydrogens is 272 g/mol. The van der Waals surface area contributed by atoms with Gasteiger partial charge in [-0.15, -0.1) is 0 Å². The van der Waals surface area contributed by atoms with Crippen LogP contribution in [-0.4, -0.2) is 27.3 Å². The van der Waals surface area contributed by atoms with E-state index in [0.29, 0.717) is 23.9 Å². The number of nitrogens with zero attached hydrogens (tertiary/aromatic N) is 2. The number of rotatable bonds is 6. The van der Waals surface area contributed by atoms with Gasteiger partial charge in [-0.05, 0) is 30.7 Å². The summed E-state index contributed by atoms with van der Waals surface area (Å²) in [4.78, 5) is 15.2. The molecular formula is C15H18N2O4. The third-order valence-corrected chi connectivity index (χ3v) is 2.97. The summed E-state index contributed by atoms with van der Waals surface area (Å²) in [5.74, 6) is 0.800. The minimum atomic E-state index is -0.971. The van der Waals surface area contributed by atoms with E-state index in [2.05, 4.69) is 10.1 Å². The maximum absolute atomic E-state index is 10.9. The lowest BCUT2D eigenvalue weighted by Crippen LogP contribution is -2.25. The van der Waals surface area contributed by atoms with E-state index in [1.807, 2.05) is 13.8 Å². The van der Waals surface area contributed by atoms with Gasteiger partial charge in [-0.25, -0.2) is 4.79 Å². The average Bonchev–Trinajstić information content (AvgIpc) is 2.95. The number of aromatic nitrogens is 2. The highest BCUT2D eigenvalue weighted by Gasteiger charge is 2.17. The molecule has 0 amide bonds. The van der Waals surface area contributed by atoms with Gasteiger partial charge >= 0.3 is 5.97 Å². The molecule has 6 heteroatoms. The maximum Gasteiger partial charge on any atom is 0.344 e. The van der Waals surface area contributed by atoms with Crippen molar-refractivity contribution in [1.82, 2.24) is 10.1 Å². The van der Waals surface area contributed by atoms with Crippen molar-refractivity contribution in [2.24, 2.45) is 0 Å². The second-order valence-electron chi connectivity index (χ2n) is 4.99. The average molecular weight is 290 g/mol. The summed E-state index contributed by atoms with van der Waals surface area (Å²) in [7, 11) is 0. The van der Waals surface area contributed by atoms with E-state index in [9.17, 15) is 4.79 Å². The summed E-state index contributed by atoms with van der Waals surface area (Å²) < 4.78 is 10.5. The van der Waals surface area contributed by atoms with Gasteiger partial charge in [0.25, 0.3) is 0 Å². The van der Waals surface area contributed by atoms with Gasteiger partial charge in [0.1, 0.15) is 5.75 Å². The molecule has 0 aliphatic rings. The summed E-state index contributed by atoms with van der Waals surface area (Å²) >= 11 is 0. The number of carboxylic acids is 1. The van der Waals surface area contributed by atoms with E-state index in [0.717, 1.165) is 5.56 Å². The van der Waals surface area contributed by atoms with Crippen molar-refractivity contribution in [2.45, 2.75) is 39.2 Å². The van der Waals surface area contributed by atoms with Crippen LogP contribution >= 0.6 is 0 Å². The summed E-state index contributed by atoms with van der Waals surface area (Å²) in [6.07, 6.45) is -0.437. The Morgan fingerprint density at radius 1 is 1.33 bits per heavy atom. The zero-order valence-corrected chi connectivity index (χ0v) is 12.2. The first-order valence-corrected chi connectivity index (χ1v) is 6.84. The highest BCUT2D eigenvalue weighted by molar-refractivity contribution is 5.72. The van der Waals surface area contributed by atoms with Crippen molar-refractivity contribution < 1.29 is 19.2 Å². The Labute approximate surface area is 122 Å². The van der Waals surface area contributed by atoms with Crippen LogP contribution in [0.1, 0.15) is 39.0 Å². The lowest BCUT2D eigenvalue weighted by molar-refractivity contribution is -0.145. The first-order chi connectivity index (χ1) is 10.0. The Kier molecular flexibility index (Phi) is 4.57. The third kappa shape index (κ3) is 3.59. The first-order valence-electron chi connectivity index (χ1n) is 6.84. The number of hydrogen-bond acceptors (Lipinski definition) is 5. The van der Waals surface area contributed by atoms with Crippen LogP contribution in [0.25, 0.3) is 11.4 Å². The van der Waals surface area contributed by atoms with Crippen molar-refractivity contribution in [3.8, 4) is 17.1 Å². The molecule has 1 N–H and O–H groups in total. The molecule has 0 saturated heterocycles. The molecule has 2 aromatic rings. The number of hydrogen-bond donors (Lipinski definition) is 1. The van der Waals surface area contributed by atoms with Crippen molar-refractivity contribution in [3.05, 3.63) is 30.2 Å². The summed E-state index contributed by atoms with van der Waals surface area (Å²) in [5.41, 5.74) is 0.793. The van der Waals surface area contributed by atoms with Crippen molar-refractivity contribution in [2.75, 3.05) is 0 Å². The normalized spacial score (nSPS) is 12.4. The Morgan fingerprint density at radius 3 is 2.48 bits per heavy atom. The molecule has 112 valence electrons. The number of aliphatic carboxylic acids is 1. The van der Waals surface area contributed by atoms with E-state index in [-0.39, 0.29) is 5.92 Å². The minimum Gasteiger partial charge on any atom is -0.479 e. The van der Waals surface area contributed by atoms with Crippen molar-refractivity contribution >= 4 is 5.97 Å². The van der Waals surface area contributed by atoms with Gasteiger partial charge in [0.2, 0.25) is 11.7 Å². The summed E-state index contributed by atoms with van der Waals surface area (Å²) in [6, 6.07) is 6.95. The highest BCUT2D eigenvalue weighted by Crippen LogP contribution is 2.22. The smallest absolute Gasteiger partial charge is 0.344 e. The summed E-state index contributed by atoms with van der Waals surface area (Å²) in [6.45, 7) is 5.72. The van der Waals surface area contributed by atoms with Crippen LogP contribution in [0, 0.1) is 0 Å². The van der Waals surface area contributed by atoms with Gasteiger partial charge in [0, 0.05) is 11.5 Å². The zero-order chi connectivity index (χ0) is 15.4. The Morgan fingerprint density at radius 2 is 2.00 bits per heavy atom. The summed E-state index contributed by atoms with van der Waals surface area (Å²) in [5, 5.41) is 12.9. The van der Waals surface area contributed by atoms with E-state index in [1.165, 1.54) is 0 Å². The zero-order valence-electron chi connectivity index (χ0n) is 12.2. The van der Waals surface area contributed by atoms with Gasteiger partial charge in [-0.2, -0.15) is 4.98 Å². The Bertz CT molecular complexity index is 604. The predicted octanol–water partition coefficient (Wildman–Crippen LogP) is 3.10. The van der Waals surface area contributed by atoms with E-state index < -0.39 is 12.1 Å². The topological polar surface area (TPSA) is 85.5 Å². The second kappa shape index (κ2) is 6.39. The fourth-order valence-corrected chi connectivity index (χ4v) is 1.74. The molecule has 0 fully saturated rings. The van der Waals surface area contributed by atoms with Crippen LogP contribution in [0.5, 0.6) is 5.75 Å². The van der Waals surface area contributed by atoms with Crippen LogP contribution in [0.15, 0.2) is 28.8 Å². The quantitative estimate of drug-likeness (QED) is 0.879. The molecule has 1 aromatic heterocycles. The molecule has 0 saturated carbocycles.